The van der Waals surface area contributed by atoms with Crippen LogP contribution in [0, 0.1) is 0 Å². The summed E-state index contributed by atoms with van der Waals surface area (Å²) >= 11 is 1.66. The van der Waals surface area contributed by atoms with Gasteiger partial charge in [0, 0.05) is 21.7 Å². The van der Waals surface area contributed by atoms with Gasteiger partial charge in [0.15, 0.2) is 0 Å². The Bertz CT molecular complexity index is 880. The Labute approximate surface area is 164 Å². The Morgan fingerprint density at radius 3 is 2.70 bits per heavy atom. The first-order chi connectivity index (χ1) is 13.3. The third-order valence-corrected chi connectivity index (χ3v) is 5.91. The van der Waals surface area contributed by atoms with Gasteiger partial charge in [-0.25, -0.2) is 0 Å². The molecule has 1 aromatic heterocycles. The molecule has 0 aliphatic carbocycles. The summed E-state index contributed by atoms with van der Waals surface area (Å²) in [6.07, 6.45) is 4.16. The van der Waals surface area contributed by atoms with E-state index in [1.807, 2.05) is 54.7 Å². The number of hydrogen-bond acceptors (Lipinski definition) is 3. The Morgan fingerprint density at radius 1 is 1.07 bits per heavy atom. The fraction of sp³-hybridized carbons (Fsp3) is 0.227. The number of rotatable bonds is 6. The number of likely N-dealkylation sites (tertiary alicyclic amines) is 1. The molecule has 2 aromatic carbocycles. The smallest absolute Gasteiger partial charge is 0.238 e. The molecule has 4 nitrogen and oxygen atoms in total. The molecule has 2 N–H and O–H groups in total. The first-order valence-electron chi connectivity index (χ1n) is 9.29. The predicted molar refractivity (Wildman–Crippen MR) is 110 cm³/mol. The minimum atomic E-state index is 0.0366. The average Bonchev–Trinajstić information content (AvgIpc) is 3.36. The number of benzene rings is 2. The van der Waals surface area contributed by atoms with Gasteiger partial charge >= 0.3 is 0 Å². The van der Waals surface area contributed by atoms with Crippen molar-refractivity contribution >= 4 is 23.4 Å². The number of amides is 1. The quantitative estimate of drug-likeness (QED) is 0.639. The number of aromatic nitrogens is 1. The van der Waals surface area contributed by atoms with Crippen LogP contribution in [0.3, 0.4) is 0 Å². The third-order valence-electron chi connectivity index (χ3n) is 4.82. The first kappa shape index (κ1) is 17.9. The summed E-state index contributed by atoms with van der Waals surface area (Å²) in [5.41, 5.74) is 2.06. The zero-order valence-corrected chi connectivity index (χ0v) is 15.9. The highest BCUT2D eigenvalue weighted by molar-refractivity contribution is 7.99. The molecule has 0 saturated carbocycles. The highest BCUT2D eigenvalue weighted by atomic mass is 32.2. The average molecular weight is 378 g/mol. The number of nitrogens with one attached hydrogen (secondary N) is 2. The summed E-state index contributed by atoms with van der Waals surface area (Å²) in [5, 5.41) is 3.11. The maximum atomic E-state index is 12.7. The van der Waals surface area contributed by atoms with Crippen LogP contribution >= 0.6 is 11.8 Å². The van der Waals surface area contributed by atoms with Crippen molar-refractivity contribution in [2.75, 3.05) is 18.4 Å². The molecule has 2 heterocycles. The molecule has 0 spiro atoms. The Hall–Kier alpha value is -2.50. The molecule has 1 unspecified atom stereocenters. The van der Waals surface area contributed by atoms with Crippen molar-refractivity contribution in [1.29, 1.82) is 0 Å². The van der Waals surface area contributed by atoms with Gasteiger partial charge in [-0.2, -0.15) is 0 Å². The fourth-order valence-corrected chi connectivity index (χ4v) is 4.49. The van der Waals surface area contributed by atoms with Crippen molar-refractivity contribution in [2.24, 2.45) is 0 Å². The zero-order chi connectivity index (χ0) is 18.5. The highest BCUT2D eigenvalue weighted by Gasteiger charge is 2.28. The van der Waals surface area contributed by atoms with Gasteiger partial charge in [0.1, 0.15) is 0 Å². The fourth-order valence-electron chi connectivity index (χ4n) is 3.57. The van der Waals surface area contributed by atoms with Gasteiger partial charge in [0.2, 0.25) is 5.91 Å². The van der Waals surface area contributed by atoms with Crippen molar-refractivity contribution in [3.05, 3.63) is 78.6 Å². The molecule has 1 saturated heterocycles. The van der Waals surface area contributed by atoms with Gasteiger partial charge in [0.25, 0.3) is 0 Å². The predicted octanol–water partition coefficient (Wildman–Crippen LogP) is 4.94. The molecule has 1 atom stereocenters. The Balaban J connectivity index is 1.42. The molecule has 1 fully saturated rings. The van der Waals surface area contributed by atoms with Crippen molar-refractivity contribution < 1.29 is 4.79 Å². The third kappa shape index (κ3) is 4.43. The van der Waals surface area contributed by atoms with Gasteiger partial charge in [0.05, 0.1) is 18.3 Å². The van der Waals surface area contributed by atoms with Crippen molar-refractivity contribution in [3.63, 3.8) is 0 Å². The van der Waals surface area contributed by atoms with E-state index in [-0.39, 0.29) is 5.91 Å². The number of anilines is 1. The molecular weight excluding hydrogens is 354 g/mol. The molecule has 5 heteroatoms. The van der Waals surface area contributed by atoms with E-state index in [0.717, 1.165) is 34.9 Å². The molecule has 1 aliphatic heterocycles. The Morgan fingerprint density at radius 2 is 1.89 bits per heavy atom. The van der Waals surface area contributed by atoms with E-state index in [1.54, 1.807) is 11.8 Å². The number of nitrogens with zero attached hydrogens (tertiary/aromatic N) is 1. The minimum Gasteiger partial charge on any atom is -0.364 e. The molecular formula is C22H23N3OS. The van der Waals surface area contributed by atoms with Crippen molar-refractivity contribution in [1.82, 2.24) is 9.88 Å². The van der Waals surface area contributed by atoms with Crippen LogP contribution in [0.15, 0.2) is 82.7 Å². The second-order valence-electron chi connectivity index (χ2n) is 6.71. The standard InChI is InChI=1S/C22H23N3OS/c26-22(16-25-15-7-12-20(25)18-11-6-14-23-18)24-19-10-4-5-13-21(19)27-17-8-2-1-3-9-17/h1-6,8-11,13-14,20,23H,7,12,15-16H2,(H,24,26). The summed E-state index contributed by atoms with van der Waals surface area (Å²) in [4.78, 5) is 20.5. The molecule has 138 valence electrons. The lowest BCUT2D eigenvalue weighted by Gasteiger charge is -2.23. The van der Waals surface area contributed by atoms with E-state index in [4.69, 9.17) is 0 Å². The van der Waals surface area contributed by atoms with Crippen LogP contribution in [-0.4, -0.2) is 28.9 Å². The van der Waals surface area contributed by atoms with Crippen LogP contribution in [0.4, 0.5) is 5.69 Å². The summed E-state index contributed by atoms with van der Waals surface area (Å²) in [7, 11) is 0. The van der Waals surface area contributed by atoms with E-state index >= 15 is 0 Å². The van der Waals surface area contributed by atoms with Crippen LogP contribution in [0.5, 0.6) is 0 Å². The Kier molecular flexibility index (Phi) is 5.61. The summed E-state index contributed by atoms with van der Waals surface area (Å²) in [6, 6.07) is 22.6. The largest absolute Gasteiger partial charge is 0.364 e. The van der Waals surface area contributed by atoms with Crippen LogP contribution in [0.2, 0.25) is 0 Å². The molecule has 1 aliphatic rings. The van der Waals surface area contributed by atoms with Crippen LogP contribution in [-0.2, 0) is 4.79 Å². The van der Waals surface area contributed by atoms with E-state index in [0.29, 0.717) is 12.6 Å². The van der Waals surface area contributed by atoms with E-state index in [2.05, 4.69) is 33.4 Å². The molecule has 27 heavy (non-hydrogen) atoms. The summed E-state index contributed by atoms with van der Waals surface area (Å²) < 4.78 is 0. The van der Waals surface area contributed by atoms with Gasteiger partial charge in [-0.15, -0.1) is 0 Å². The summed E-state index contributed by atoms with van der Waals surface area (Å²) in [5.74, 6) is 0.0366. The number of aromatic amines is 1. The van der Waals surface area contributed by atoms with Crippen LogP contribution < -0.4 is 5.32 Å². The highest BCUT2D eigenvalue weighted by Crippen LogP contribution is 2.34. The first-order valence-corrected chi connectivity index (χ1v) is 10.1. The monoisotopic (exact) mass is 377 g/mol. The zero-order valence-electron chi connectivity index (χ0n) is 15.1. The number of para-hydroxylation sites is 1. The van der Waals surface area contributed by atoms with E-state index < -0.39 is 0 Å². The summed E-state index contributed by atoms with van der Waals surface area (Å²) in [6.45, 7) is 1.37. The maximum absolute atomic E-state index is 12.7. The van der Waals surface area contributed by atoms with Crippen molar-refractivity contribution in [2.45, 2.75) is 28.7 Å². The van der Waals surface area contributed by atoms with Gasteiger partial charge in [-0.05, 0) is 55.8 Å². The molecule has 3 aromatic rings. The number of hydrogen-bond donors (Lipinski definition) is 2. The van der Waals surface area contributed by atoms with Gasteiger partial charge in [-0.3, -0.25) is 9.69 Å². The normalized spacial score (nSPS) is 17.1. The number of carbonyl (C=O) groups is 1. The van der Waals surface area contributed by atoms with Gasteiger partial charge < -0.3 is 10.3 Å². The molecule has 4 rings (SSSR count). The second-order valence-corrected chi connectivity index (χ2v) is 7.83. The lowest BCUT2D eigenvalue weighted by molar-refractivity contribution is -0.117. The maximum Gasteiger partial charge on any atom is 0.238 e. The molecule has 0 radical (unpaired) electrons. The van der Waals surface area contributed by atoms with Crippen molar-refractivity contribution in [3.8, 4) is 0 Å². The van der Waals surface area contributed by atoms with Crippen LogP contribution in [0.25, 0.3) is 0 Å². The topological polar surface area (TPSA) is 48.1 Å². The lowest BCUT2D eigenvalue weighted by atomic mass is 10.1. The van der Waals surface area contributed by atoms with Crippen LogP contribution in [0.1, 0.15) is 24.6 Å². The van der Waals surface area contributed by atoms with E-state index in [1.165, 1.54) is 5.69 Å². The SMILES string of the molecule is O=C(CN1CCCC1c1ccc[nH]1)Nc1ccccc1Sc1ccccc1. The number of H-pyrrole nitrogens is 1. The molecule has 1 amide bonds. The molecule has 0 bridgehead atoms. The minimum absolute atomic E-state index is 0.0366. The van der Waals surface area contributed by atoms with E-state index in [9.17, 15) is 4.79 Å². The second kappa shape index (κ2) is 8.46. The number of carbonyl (C=O) groups excluding carboxylic acids is 1. The van der Waals surface area contributed by atoms with Gasteiger partial charge in [-0.1, -0.05) is 42.1 Å². The lowest BCUT2D eigenvalue weighted by Crippen LogP contribution is -2.33.